The third kappa shape index (κ3) is 3.21. The molecule has 11 atom stereocenters. The van der Waals surface area contributed by atoms with Crippen molar-refractivity contribution in [1.82, 2.24) is 0 Å². The van der Waals surface area contributed by atoms with Crippen molar-refractivity contribution in [1.29, 1.82) is 0 Å². The number of allylic oxidation sites excluding steroid dienone is 1. The summed E-state index contributed by atoms with van der Waals surface area (Å²) >= 11 is 0. The van der Waals surface area contributed by atoms with Gasteiger partial charge in [-0.2, -0.15) is 0 Å². The van der Waals surface area contributed by atoms with E-state index < -0.39 is 6.10 Å². The molecule has 0 aromatic rings. The summed E-state index contributed by atoms with van der Waals surface area (Å²) in [5.41, 5.74) is 2.14. The number of aliphatic hydroxyl groups excluding tert-OH is 1. The molecule has 0 saturated heterocycles. The number of rotatable bonds is 2. The molecule has 0 bridgehead atoms. The van der Waals surface area contributed by atoms with Crippen LogP contribution < -0.4 is 0 Å². The van der Waals surface area contributed by atoms with Gasteiger partial charge in [-0.1, -0.05) is 53.7 Å². The van der Waals surface area contributed by atoms with Crippen molar-refractivity contribution in [2.75, 3.05) is 0 Å². The van der Waals surface area contributed by atoms with E-state index in [1.54, 1.807) is 6.92 Å². The van der Waals surface area contributed by atoms with Crippen LogP contribution in [0.5, 0.6) is 0 Å². The number of carbonyl (C=O) groups is 1. The molecule has 5 fully saturated rings. The van der Waals surface area contributed by atoms with Gasteiger partial charge < -0.3 is 9.84 Å². The minimum Gasteiger partial charge on any atom is -0.462 e. The SMILES string of the molecule is C=C(C)[C@@H]1CC[C@]2(C)CC[C@]3(C)[C@H](CC[C@@H]4[C@@]5(C)[C@H](OC(C)=O)C[C@@H](O)C(C)(C)[C@@H]5CC[C@]43C)[C@@H]12. The van der Waals surface area contributed by atoms with Gasteiger partial charge in [0.15, 0.2) is 0 Å². The summed E-state index contributed by atoms with van der Waals surface area (Å²) in [6.07, 6.45) is 10.2. The van der Waals surface area contributed by atoms with E-state index in [9.17, 15) is 9.90 Å². The van der Waals surface area contributed by atoms with Crippen LogP contribution in [0, 0.1) is 56.7 Å². The van der Waals surface area contributed by atoms with Crippen LogP contribution in [0.2, 0.25) is 0 Å². The van der Waals surface area contributed by atoms with Crippen LogP contribution in [0.4, 0.5) is 0 Å². The first kappa shape index (κ1) is 25.8. The van der Waals surface area contributed by atoms with Gasteiger partial charge >= 0.3 is 5.97 Å². The van der Waals surface area contributed by atoms with E-state index in [2.05, 4.69) is 55.0 Å². The monoisotopic (exact) mass is 484 g/mol. The second kappa shape index (κ2) is 7.84. The number of fused-ring (bicyclic) bond motifs is 7. The van der Waals surface area contributed by atoms with Crippen molar-refractivity contribution < 1.29 is 14.6 Å². The fourth-order valence-corrected chi connectivity index (χ4v) is 11.8. The first-order valence-electron chi connectivity index (χ1n) is 14.6. The molecule has 5 saturated carbocycles. The molecule has 0 spiro atoms. The Bertz CT molecular complexity index is 906. The molecule has 3 heteroatoms. The van der Waals surface area contributed by atoms with Crippen LogP contribution in [0.15, 0.2) is 12.2 Å². The highest BCUT2D eigenvalue weighted by atomic mass is 16.5. The molecular weight excluding hydrogens is 432 g/mol. The molecular formula is C32H52O3. The van der Waals surface area contributed by atoms with Gasteiger partial charge in [0, 0.05) is 18.8 Å². The summed E-state index contributed by atoms with van der Waals surface area (Å²) in [4.78, 5) is 12.3. The molecule has 5 aliphatic rings. The zero-order valence-corrected chi connectivity index (χ0v) is 23.9. The van der Waals surface area contributed by atoms with Crippen molar-refractivity contribution in [3.63, 3.8) is 0 Å². The van der Waals surface area contributed by atoms with E-state index in [0.29, 0.717) is 35.0 Å². The Balaban J connectivity index is 1.58. The lowest BCUT2D eigenvalue weighted by atomic mass is 9.32. The number of ether oxygens (including phenoxy) is 1. The van der Waals surface area contributed by atoms with Crippen molar-refractivity contribution in [2.24, 2.45) is 56.7 Å². The van der Waals surface area contributed by atoms with Gasteiger partial charge in [-0.3, -0.25) is 4.79 Å². The predicted octanol–water partition coefficient (Wildman–Crippen LogP) is 7.57. The quantitative estimate of drug-likeness (QED) is 0.325. The van der Waals surface area contributed by atoms with Crippen LogP contribution in [0.25, 0.3) is 0 Å². The zero-order chi connectivity index (χ0) is 25.8. The first-order chi connectivity index (χ1) is 16.1. The smallest absolute Gasteiger partial charge is 0.302 e. The van der Waals surface area contributed by atoms with E-state index >= 15 is 0 Å². The van der Waals surface area contributed by atoms with E-state index in [0.717, 1.165) is 18.3 Å². The Morgan fingerprint density at radius 3 is 2.17 bits per heavy atom. The van der Waals surface area contributed by atoms with E-state index in [1.165, 1.54) is 50.5 Å². The van der Waals surface area contributed by atoms with Gasteiger partial charge in [-0.15, -0.1) is 0 Å². The Morgan fingerprint density at radius 2 is 1.54 bits per heavy atom. The minimum absolute atomic E-state index is 0.0977. The molecule has 0 aromatic heterocycles. The Hall–Kier alpha value is -0.830. The van der Waals surface area contributed by atoms with E-state index in [1.807, 2.05) is 0 Å². The van der Waals surface area contributed by atoms with E-state index in [4.69, 9.17) is 4.74 Å². The van der Waals surface area contributed by atoms with Crippen LogP contribution in [0.3, 0.4) is 0 Å². The summed E-state index contributed by atoms with van der Waals surface area (Å²) < 4.78 is 6.11. The number of esters is 1. The molecule has 0 aliphatic heterocycles. The van der Waals surface area contributed by atoms with Crippen LogP contribution in [-0.2, 0) is 9.53 Å². The summed E-state index contributed by atoms with van der Waals surface area (Å²) in [6, 6.07) is 0. The third-order valence-electron chi connectivity index (χ3n) is 13.9. The van der Waals surface area contributed by atoms with Gasteiger partial charge in [0.1, 0.15) is 6.10 Å². The lowest BCUT2D eigenvalue weighted by Crippen LogP contribution is -2.70. The first-order valence-corrected chi connectivity index (χ1v) is 14.6. The number of carbonyl (C=O) groups excluding carboxylic acids is 1. The van der Waals surface area contributed by atoms with E-state index in [-0.39, 0.29) is 28.3 Å². The maximum Gasteiger partial charge on any atom is 0.302 e. The van der Waals surface area contributed by atoms with Crippen molar-refractivity contribution in [3.8, 4) is 0 Å². The standard InChI is InChI=1S/C32H52O3/c1-19(2)21-12-14-29(6)16-17-30(7)22(27(21)29)10-11-24-31(30,8)15-13-23-28(4,5)25(34)18-26(32(23,24)9)35-20(3)33/h21-27,34H,1,10-18H2,2-9H3/t21-,22+,23-,24-,25+,26+,27+,29+,30+,31+,32-/m0/s1. The molecule has 0 heterocycles. The van der Waals surface area contributed by atoms with Gasteiger partial charge in [-0.05, 0) is 110 Å². The lowest BCUT2D eigenvalue weighted by molar-refractivity contribution is -0.276. The predicted molar refractivity (Wildman–Crippen MR) is 142 cm³/mol. The Kier molecular flexibility index (Phi) is 5.78. The Labute approximate surface area is 214 Å². The summed E-state index contributed by atoms with van der Waals surface area (Å²) in [5, 5.41) is 11.2. The average Bonchev–Trinajstić information content (AvgIpc) is 3.10. The molecule has 35 heavy (non-hydrogen) atoms. The van der Waals surface area contributed by atoms with Crippen LogP contribution in [0.1, 0.15) is 113 Å². The zero-order valence-electron chi connectivity index (χ0n) is 23.9. The third-order valence-corrected chi connectivity index (χ3v) is 13.9. The molecule has 5 rings (SSSR count). The molecule has 3 nitrogen and oxygen atoms in total. The van der Waals surface area contributed by atoms with Crippen molar-refractivity contribution in [2.45, 2.75) is 125 Å². The minimum atomic E-state index is -0.425. The molecule has 0 unspecified atom stereocenters. The maximum atomic E-state index is 12.3. The molecule has 5 aliphatic carbocycles. The number of aliphatic hydroxyl groups is 1. The second-order valence-electron chi connectivity index (χ2n) is 15.4. The summed E-state index contributed by atoms with van der Waals surface area (Å²) in [7, 11) is 0. The number of hydrogen-bond acceptors (Lipinski definition) is 3. The van der Waals surface area contributed by atoms with Crippen molar-refractivity contribution >= 4 is 5.97 Å². The molecule has 0 radical (unpaired) electrons. The largest absolute Gasteiger partial charge is 0.462 e. The van der Waals surface area contributed by atoms with Crippen molar-refractivity contribution in [3.05, 3.63) is 12.2 Å². The highest BCUT2D eigenvalue weighted by Gasteiger charge is 2.72. The fourth-order valence-electron chi connectivity index (χ4n) is 11.8. The topological polar surface area (TPSA) is 46.5 Å². The lowest BCUT2D eigenvalue weighted by Gasteiger charge is -2.73. The normalized spacial score (nSPS) is 54.6. The fraction of sp³-hybridized carbons (Fsp3) is 0.906. The Morgan fingerprint density at radius 1 is 0.857 bits per heavy atom. The van der Waals surface area contributed by atoms with Gasteiger partial charge in [0.2, 0.25) is 0 Å². The second-order valence-corrected chi connectivity index (χ2v) is 15.4. The van der Waals surface area contributed by atoms with Gasteiger partial charge in [0.05, 0.1) is 6.10 Å². The van der Waals surface area contributed by atoms with Gasteiger partial charge in [-0.25, -0.2) is 0 Å². The molecule has 0 aromatic carbocycles. The van der Waals surface area contributed by atoms with Crippen LogP contribution in [-0.4, -0.2) is 23.3 Å². The summed E-state index contributed by atoms with van der Waals surface area (Å²) in [5.74, 6) is 2.87. The molecule has 198 valence electrons. The maximum absolute atomic E-state index is 12.3. The highest BCUT2D eigenvalue weighted by Crippen LogP contribution is 2.77. The number of hydrogen-bond donors (Lipinski definition) is 1. The highest BCUT2D eigenvalue weighted by molar-refractivity contribution is 5.66. The summed E-state index contributed by atoms with van der Waals surface area (Å²) in [6.45, 7) is 23.2. The van der Waals surface area contributed by atoms with Gasteiger partial charge in [0.25, 0.3) is 0 Å². The van der Waals surface area contributed by atoms with Crippen LogP contribution >= 0.6 is 0 Å². The molecule has 1 N–H and O–H groups in total. The molecule has 0 amide bonds. The average molecular weight is 485 g/mol.